The Hall–Kier alpha value is -2.33. The van der Waals surface area contributed by atoms with Gasteiger partial charge < -0.3 is 15.1 Å². The lowest BCUT2D eigenvalue weighted by Crippen LogP contribution is -3.15. The van der Waals surface area contributed by atoms with Gasteiger partial charge in [-0.05, 0) is 44.0 Å². The van der Waals surface area contributed by atoms with Gasteiger partial charge in [0.15, 0.2) is 6.54 Å². The van der Waals surface area contributed by atoms with Gasteiger partial charge >= 0.3 is 0 Å². The molecule has 0 aliphatic carbocycles. The van der Waals surface area contributed by atoms with Crippen molar-refractivity contribution in [1.29, 1.82) is 0 Å². The summed E-state index contributed by atoms with van der Waals surface area (Å²) in [6, 6.07) is 14.7. The van der Waals surface area contributed by atoms with Gasteiger partial charge in [-0.25, -0.2) is 0 Å². The molecule has 4 nitrogen and oxygen atoms in total. The Balaban J connectivity index is 1.52. The number of benzene rings is 2. The monoisotopic (exact) mass is 338 g/mol. The Labute approximate surface area is 150 Å². The maximum atomic E-state index is 12.4. The second-order valence-electron chi connectivity index (χ2n) is 7.07. The Morgan fingerprint density at radius 3 is 2.44 bits per heavy atom. The Morgan fingerprint density at radius 2 is 1.76 bits per heavy atom. The van der Waals surface area contributed by atoms with Gasteiger partial charge in [-0.3, -0.25) is 4.79 Å². The number of carbonyl (C=O) groups excluding carboxylic acids is 1. The SMILES string of the molecule is Cc1ccc(NC(=O)C[NH+]2CCN(c3ccccc3C)CC2)c(C)c1. The molecule has 1 fully saturated rings. The number of nitrogens with zero attached hydrogens (tertiary/aromatic N) is 1. The normalized spacial score (nSPS) is 15.2. The summed E-state index contributed by atoms with van der Waals surface area (Å²) in [6.45, 7) is 10.8. The summed E-state index contributed by atoms with van der Waals surface area (Å²) in [5.74, 6) is 0.103. The van der Waals surface area contributed by atoms with Crippen LogP contribution in [0, 0.1) is 20.8 Å². The first-order valence-electron chi connectivity index (χ1n) is 9.04. The number of hydrogen-bond acceptors (Lipinski definition) is 2. The second kappa shape index (κ2) is 7.70. The first-order chi connectivity index (χ1) is 12.0. The molecule has 2 N–H and O–H groups in total. The van der Waals surface area contributed by atoms with Crippen LogP contribution >= 0.6 is 0 Å². The Morgan fingerprint density at radius 1 is 1.04 bits per heavy atom. The number of piperazine rings is 1. The summed E-state index contributed by atoms with van der Waals surface area (Å²) in [6.07, 6.45) is 0. The van der Waals surface area contributed by atoms with Gasteiger partial charge in [-0.15, -0.1) is 0 Å². The van der Waals surface area contributed by atoms with Crippen molar-refractivity contribution in [2.45, 2.75) is 20.8 Å². The number of aryl methyl sites for hydroxylation is 3. The van der Waals surface area contributed by atoms with Crippen molar-refractivity contribution in [2.24, 2.45) is 0 Å². The van der Waals surface area contributed by atoms with E-state index in [1.807, 2.05) is 19.1 Å². The molecule has 25 heavy (non-hydrogen) atoms. The van der Waals surface area contributed by atoms with E-state index in [0.717, 1.165) is 37.4 Å². The highest BCUT2D eigenvalue weighted by molar-refractivity contribution is 5.92. The number of nitrogens with one attached hydrogen (secondary N) is 2. The molecule has 1 aliphatic rings. The first-order valence-corrected chi connectivity index (χ1v) is 9.04. The Bertz CT molecular complexity index is 749. The third-order valence-corrected chi connectivity index (χ3v) is 4.99. The van der Waals surface area contributed by atoms with Crippen LogP contribution in [0.2, 0.25) is 0 Å². The number of rotatable bonds is 4. The third-order valence-electron chi connectivity index (χ3n) is 4.99. The third kappa shape index (κ3) is 4.40. The second-order valence-corrected chi connectivity index (χ2v) is 7.07. The van der Waals surface area contributed by atoms with Crippen molar-refractivity contribution >= 4 is 17.3 Å². The number of quaternary nitrogens is 1. The van der Waals surface area contributed by atoms with Crippen LogP contribution in [-0.2, 0) is 4.79 Å². The quantitative estimate of drug-likeness (QED) is 0.894. The van der Waals surface area contributed by atoms with Crippen molar-refractivity contribution in [1.82, 2.24) is 0 Å². The number of hydrogen-bond donors (Lipinski definition) is 2. The topological polar surface area (TPSA) is 36.8 Å². The van der Waals surface area contributed by atoms with Crippen LogP contribution in [0.4, 0.5) is 11.4 Å². The minimum atomic E-state index is 0.103. The molecular formula is C21H28N3O+. The molecule has 3 rings (SSSR count). The van der Waals surface area contributed by atoms with E-state index in [4.69, 9.17) is 0 Å². The van der Waals surface area contributed by atoms with Crippen LogP contribution in [0.3, 0.4) is 0 Å². The van der Waals surface area contributed by atoms with E-state index in [1.54, 1.807) is 0 Å². The summed E-state index contributed by atoms with van der Waals surface area (Å²) in [4.78, 5) is 16.2. The van der Waals surface area contributed by atoms with Crippen LogP contribution in [0.15, 0.2) is 42.5 Å². The van der Waals surface area contributed by atoms with Crippen molar-refractivity contribution in [2.75, 3.05) is 42.9 Å². The zero-order valence-electron chi connectivity index (χ0n) is 15.4. The molecule has 2 aromatic carbocycles. The number of anilines is 2. The van der Waals surface area contributed by atoms with E-state index in [-0.39, 0.29) is 5.91 Å². The molecule has 0 atom stereocenters. The molecule has 1 heterocycles. The lowest BCUT2D eigenvalue weighted by Gasteiger charge is -2.34. The maximum absolute atomic E-state index is 12.4. The van der Waals surface area contributed by atoms with Crippen LogP contribution < -0.4 is 15.1 Å². The highest BCUT2D eigenvalue weighted by atomic mass is 16.2. The van der Waals surface area contributed by atoms with Gasteiger partial charge in [0.05, 0.1) is 26.2 Å². The smallest absolute Gasteiger partial charge is 0.279 e. The zero-order valence-corrected chi connectivity index (χ0v) is 15.4. The molecule has 0 unspecified atom stereocenters. The molecule has 1 aliphatic heterocycles. The molecule has 132 valence electrons. The lowest BCUT2D eigenvalue weighted by molar-refractivity contribution is -0.892. The van der Waals surface area contributed by atoms with E-state index in [2.05, 4.69) is 54.4 Å². The fraction of sp³-hybridized carbons (Fsp3) is 0.381. The molecule has 4 heteroatoms. The van der Waals surface area contributed by atoms with Crippen molar-refractivity contribution in [3.63, 3.8) is 0 Å². The highest BCUT2D eigenvalue weighted by Gasteiger charge is 2.23. The number of carbonyl (C=O) groups is 1. The molecule has 1 amide bonds. The van der Waals surface area contributed by atoms with E-state index < -0.39 is 0 Å². The van der Waals surface area contributed by atoms with Crippen molar-refractivity contribution in [3.8, 4) is 0 Å². The van der Waals surface area contributed by atoms with E-state index in [0.29, 0.717) is 6.54 Å². The molecule has 2 aromatic rings. The average molecular weight is 338 g/mol. The summed E-state index contributed by atoms with van der Waals surface area (Å²) in [5.41, 5.74) is 5.90. The molecular weight excluding hydrogens is 310 g/mol. The molecule has 0 spiro atoms. The lowest BCUT2D eigenvalue weighted by atomic mass is 10.1. The summed E-state index contributed by atoms with van der Waals surface area (Å²) < 4.78 is 0. The van der Waals surface area contributed by atoms with Crippen LogP contribution in [-0.4, -0.2) is 38.6 Å². The van der Waals surface area contributed by atoms with Gasteiger partial charge in [-0.2, -0.15) is 0 Å². The van der Waals surface area contributed by atoms with Crippen LogP contribution in [0.25, 0.3) is 0 Å². The molecule has 0 aromatic heterocycles. The van der Waals surface area contributed by atoms with Crippen molar-refractivity contribution in [3.05, 3.63) is 59.2 Å². The molecule has 1 saturated heterocycles. The van der Waals surface area contributed by atoms with E-state index in [9.17, 15) is 4.79 Å². The fourth-order valence-electron chi connectivity index (χ4n) is 3.53. The molecule has 0 saturated carbocycles. The summed E-state index contributed by atoms with van der Waals surface area (Å²) in [5, 5.41) is 3.06. The van der Waals surface area contributed by atoms with E-state index >= 15 is 0 Å². The largest absolute Gasteiger partial charge is 0.360 e. The summed E-state index contributed by atoms with van der Waals surface area (Å²) >= 11 is 0. The van der Waals surface area contributed by atoms with Gasteiger partial charge in [0.1, 0.15) is 0 Å². The maximum Gasteiger partial charge on any atom is 0.279 e. The van der Waals surface area contributed by atoms with Crippen LogP contribution in [0.1, 0.15) is 16.7 Å². The van der Waals surface area contributed by atoms with Gasteiger partial charge in [0, 0.05) is 11.4 Å². The predicted molar refractivity (Wildman–Crippen MR) is 104 cm³/mol. The van der Waals surface area contributed by atoms with Crippen LogP contribution in [0.5, 0.6) is 0 Å². The van der Waals surface area contributed by atoms with E-state index in [1.165, 1.54) is 21.7 Å². The van der Waals surface area contributed by atoms with Crippen molar-refractivity contribution < 1.29 is 9.69 Å². The summed E-state index contributed by atoms with van der Waals surface area (Å²) in [7, 11) is 0. The van der Waals surface area contributed by atoms with Gasteiger partial charge in [-0.1, -0.05) is 35.9 Å². The molecule has 0 radical (unpaired) electrons. The zero-order chi connectivity index (χ0) is 17.8. The minimum Gasteiger partial charge on any atom is -0.360 e. The highest BCUT2D eigenvalue weighted by Crippen LogP contribution is 2.19. The molecule has 0 bridgehead atoms. The average Bonchev–Trinajstić information content (AvgIpc) is 2.59. The minimum absolute atomic E-state index is 0.103. The standard InChI is InChI=1S/C21H27N3O/c1-16-8-9-19(18(3)14-16)22-21(25)15-23-10-12-24(13-11-23)20-7-5-4-6-17(20)2/h4-9,14H,10-13,15H2,1-3H3,(H,22,25)/p+1. The number of amides is 1. The van der Waals surface area contributed by atoms with Gasteiger partial charge in [0.25, 0.3) is 5.91 Å². The first kappa shape index (κ1) is 17.5. The predicted octanol–water partition coefficient (Wildman–Crippen LogP) is 1.96. The Kier molecular flexibility index (Phi) is 5.39. The number of para-hydroxylation sites is 1. The van der Waals surface area contributed by atoms with Gasteiger partial charge in [0.2, 0.25) is 0 Å². The fourth-order valence-corrected chi connectivity index (χ4v) is 3.53.